The van der Waals surface area contributed by atoms with Gasteiger partial charge in [0.2, 0.25) is 0 Å². The Morgan fingerprint density at radius 3 is 1.90 bits per heavy atom. The van der Waals surface area contributed by atoms with Crippen LogP contribution in [0.1, 0.15) is 46.5 Å². The largest absolute Gasteiger partial charge is 0.0654 e. The Labute approximate surface area is 68.8 Å². The molecule has 62 valence electrons. The Morgan fingerprint density at radius 1 is 1.10 bits per heavy atom. The Balaban J connectivity index is 3.53. The molecule has 0 aromatic heterocycles. The van der Waals surface area contributed by atoms with E-state index >= 15 is 0 Å². The molecule has 0 bridgehead atoms. The van der Waals surface area contributed by atoms with Crippen LogP contribution in [-0.2, 0) is 0 Å². The average Bonchev–Trinajstić information content (AvgIpc) is 1.91. The summed E-state index contributed by atoms with van der Waals surface area (Å²) in [5, 5.41) is 0. The predicted octanol–water partition coefficient (Wildman–Crippen LogP) is 2.38. The number of hydrogen-bond donors (Lipinski definition) is 0. The van der Waals surface area contributed by atoms with Crippen LogP contribution in [0.4, 0.5) is 0 Å². The van der Waals surface area contributed by atoms with Crippen molar-refractivity contribution >= 4 is 10.2 Å². The summed E-state index contributed by atoms with van der Waals surface area (Å²) in [6, 6.07) is 0. The summed E-state index contributed by atoms with van der Waals surface area (Å²) in [6.07, 6.45) is 5.64. The first-order valence-corrected chi connectivity index (χ1v) is 5.91. The molecule has 0 nitrogen and oxygen atoms in total. The lowest BCUT2D eigenvalue weighted by Gasteiger charge is -2.20. The van der Waals surface area contributed by atoms with Gasteiger partial charge in [-0.25, -0.2) is 0 Å². The van der Waals surface area contributed by atoms with Crippen LogP contribution in [0, 0.1) is 5.92 Å². The van der Waals surface area contributed by atoms with Gasteiger partial charge in [-0.05, 0) is 5.92 Å². The van der Waals surface area contributed by atoms with Crippen molar-refractivity contribution in [3.05, 3.63) is 0 Å². The predicted molar refractivity (Wildman–Crippen MR) is 52.7 cm³/mol. The Bertz CT molecular complexity index is 67.1. The third-order valence-electron chi connectivity index (χ3n) is 2.60. The third-order valence-corrected chi connectivity index (χ3v) is 4.12. The molecule has 0 saturated carbocycles. The maximum absolute atomic E-state index is 2.33. The summed E-state index contributed by atoms with van der Waals surface area (Å²) in [5.74, 6) is 1.03. The van der Waals surface area contributed by atoms with E-state index in [0.717, 1.165) is 11.5 Å². The van der Waals surface area contributed by atoms with E-state index in [1.807, 2.05) is 0 Å². The molecule has 1 atom stereocenters. The molecule has 0 spiro atoms. The van der Waals surface area contributed by atoms with Crippen LogP contribution in [0.25, 0.3) is 0 Å². The lowest BCUT2D eigenvalue weighted by atomic mass is 9.96. The lowest BCUT2D eigenvalue weighted by molar-refractivity contribution is 0.439. The maximum Gasteiger partial charge on any atom is 0.00708 e. The van der Waals surface area contributed by atoms with Crippen LogP contribution in [0.3, 0.4) is 0 Å². The van der Waals surface area contributed by atoms with E-state index < -0.39 is 0 Å². The van der Waals surface area contributed by atoms with Gasteiger partial charge in [0.05, 0.1) is 0 Å². The molecule has 0 aromatic rings. The SMILES string of the molecule is CCCC([SiH3])C(CC)CC. The molecule has 0 aliphatic rings. The number of hydrogen-bond acceptors (Lipinski definition) is 0. The van der Waals surface area contributed by atoms with Crippen molar-refractivity contribution < 1.29 is 0 Å². The highest BCUT2D eigenvalue weighted by Crippen LogP contribution is 2.25. The van der Waals surface area contributed by atoms with Crippen LogP contribution in [0.5, 0.6) is 0 Å². The Morgan fingerprint density at radius 2 is 1.60 bits per heavy atom. The highest BCUT2D eigenvalue weighted by Gasteiger charge is 2.11. The van der Waals surface area contributed by atoms with Gasteiger partial charge in [0, 0.05) is 10.2 Å². The van der Waals surface area contributed by atoms with Gasteiger partial charge in [0.15, 0.2) is 0 Å². The van der Waals surface area contributed by atoms with E-state index in [0.29, 0.717) is 0 Å². The van der Waals surface area contributed by atoms with Crippen molar-refractivity contribution in [1.29, 1.82) is 0 Å². The zero-order valence-electron chi connectivity index (χ0n) is 7.98. The average molecular weight is 158 g/mol. The molecule has 0 radical (unpaired) electrons. The second-order valence-corrected chi connectivity index (χ2v) is 4.83. The smallest absolute Gasteiger partial charge is 0.00708 e. The molecule has 0 N–H and O–H groups in total. The lowest BCUT2D eigenvalue weighted by Crippen LogP contribution is -2.06. The molecule has 1 heteroatoms. The maximum atomic E-state index is 2.33. The third kappa shape index (κ3) is 3.40. The molecule has 0 rings (SSSR count). The van der Waals surface area contributed by atoms with Crippen molar-refractivity contribution in [3.63, 3.8) is 0 Å². The van der Waals surface area contributed by atoms with E-state index in [4.69, 9.17) is 0 Å². The first-order chi connectivity index (χ1) is 4.76. The molecule has 0 aromatic carbocycles. The zero-order chi connectivity index (χ0) is 7.98. The van der Waals surface area contributed by atoms with Crippen LogP contribution in [0.15, 0.2) is 0 Å². The monoisotopic (exact) mass is 158 g/mol. The summed E-state index contributed by atoms with van der Waals surface area (Å²) in [6.45, 7) is 6.96. The molecule has 10 heavy (non-hydrogen) atoms. The fraction of sp³-hybridized carbons (Fsp3) is 1.00. The van der Waals surface area contributed by atoms with Crippen molar-refractivity contribution in [3.8, 4) is 0 Å². The quantitative estimate of drug-likeness (QED) is 0.539. The minimum Gasteiger partial charge on any atom is -0.0654 e. The molecule has 0 heterocycles. The first-order valence-electron chi connectivity index (χ1n) is 4.76. The van der Waals surface area contributed by atoms with E-state index in [1.165, 1.54) is 35.9 Å². The molecule has 0 fully saturated rings. The molecular formula is C9H22Si. The molecule has 0 aliphatic carbocycles. The van der Waals surface area contributed by atoms with Crippen molar-refractivity contribution in [2.75, 3.05) is 0 Å². The van der Waals surface area contributed by atoms with E-state index in [-0.39, 0.29) is 0 Å². The van der Waals surface area contributed by atoms with E-state index in [2.05, 4.69) is 20.8 Å². The molecule has 0 aliphatic heterocycles. The number of rotatable bonds is 5. The second kappa shape index (κ2) is 5.96. The standard InChI is InChI=1S/C9H22Si/c1-4-7-9(10)8(5-2)6-3/h8-9H,4-7H2,1-3,10H3. The fourth-order valence-corrected chi connectivity index (χ4v) is 3.30. The second-order valence-electron chi connectivity index (χ2n) is 3.34. The minimum atomic E-state index is 1.03. The van der Waals surface area contributed by atoms with Crippen molar-refractivity contribution in [2.24, 2.45) is 5.92 Å². The van der Waals surface area contributed by atoms with Gasteiger partial charge in [-0.1, -0.05) is 52.0 Å². The highest BCUT2D eigenvalue weighted by atomic mass is 28.1. The minimum absolute atomic E-state index is 1.03. The summed E-state index contributed by atoms with van der Waals surface area (Å²) >= 11 is 0. The van der Waals surface area contributed by atoms with Crippen LogP contribution in [-0.4, -0.2) is 10.2 Å². The Kier molecular flexibility index (Phi) is 6.09. The normalized spacial score (nSPS) is 14.4. The van der Waals surface area contributed by atoms with Gasteiger partial charge in [-0.2, -0.15) is 0 Å². The van der Waals surface area contributed by atoms with Gasteiger partial charge in [-0.3, -0.25) is 0 Å². The van der Waals surface area contributed by atoms with Gasteiger partial charge in [0.25, 0.3) is 0 Å². The Hall–Kier alpha value is 0.217. The van der Waals surface area contributed by atoms with Gasteiger partial charge >= 0.3 is 0 Å². The molecule has 1 unspecified atom stereocenters. The molecular weight excluding hydrogens is 136 g/mol. The molecule has 0 amide bonds. The van der Waals surface area contributed by atoms with Crippen molar-refractivity contribution in [1.82, 2.24) is 0 Å². The topological polar surface area (TPSA) is 0 Å². The van der Waals surface area contributed by atoms with E-state index in [9.17, 15) is 0 Å². The summed E-state index contributed by atoms with van der Waals surface area (Å²) in [7, 11) is 1.40. The van der Waals surface area contributed by atoms with Gasteiger partial charge < -0.3 is 0 Å². The fourth-order valence-electron chi connectivity index (χ4n) is 1.78. The van der Waals surface area contributed by atoms with Crippen LogP contribution >= 0.6 is 0 Å². The van der Waals surface area contributed by atoms with Crippen LogP contribution < -0.4 is 0 Å². The summed E-state index contributed by atoms with van der Waals surface area (Å²) < 4.78 is 0. The molecule has 0 saturated heterocycles. The summed E-state index contributed by atoms with van der Waals surface area (Å²) in [5.41, 5.74) is 1.08. The van der Waals surface area contributed by atoms with Gasteiger partial charge in [-0.15, -0.1) is 0 Å². The summed E-state index contributed by atoms with van der Waals surface area (Å²) in [4.78, 5) is 0. The highest BCUT2D eigenvalue weighted by molar-refractivity contribution is 6.11. The van der Waals surface area contributed by atoms with Gasteiger partial charge in [0.1, 0.15) is 0 Å². The zero-order valence-corrected chi connectivity index (χ0v) is 9.98. The van der Waals surface area contributed by atoms with Crippen LogP contribution in [0.2, 0.25) is 5.54 Å². The van der Waals surface area contributed by atoms with E-state index in [1.54, 1.807) is 0 Å². The van der Waals surface area contributed by atoms with Crippen molar-refractivity contribution in [2.45, 2.75) is 52.0 Å². The first kappa shape index (κ1) is 10.2.